The molecule has 1 N–H and O–H groups in total. The van der Waals surface area contributed by atoms with Crippen molar-refractivity contribution in [3.8, 4) is 0 Å². The Bertz CT molecular complexity index is 1120. The third kappa shape index (κ3) is 4.18. The van der Waals surface area contributed by atoms with E-state index in [1.54, 1.807) is 47.4 Å². The minimum atomic E-state index is -0.183. The molecule has 2 amide bonds. The fourth-order valence-electron chi connectivity index (χ4n) is 3.53. The highest BCUT2D eigenvalue weighted by Crippen LogP contribution is 2.31. The molecular formula is C23H19Cl2N3O2. The number of rotatable bonds is 4. The second-order valence-electron chi connectivity index (χ2n) is 7.14. The maximum absolute atomic E-state index is 12.8. The lowest BCUT2D eigenvalue weighted by atomic mass is 10.0. The summed E-state index contributed by atoms with van der Waals surface area (Å²) in [7, 11) is 0. The summed E-state index contributed by atoms with van der Waals surface area (Å²) in [5, 5.41) is 3.88. The van der Waals surface area contributed by atoms with Gasteiger partial charge in [0.2, 0.25) is 0 Å². The van der Waals surface area contributed by atoms with Crippen LogP contribution in [0.5, 0.6) is 0 Å². The molecule has 1 atom stereocenters. The van der Waals surface area contributed by atoms with Crippen molar-refractivity contribution in [2.24, 2.45) is 0 Å². The fraction of sp³-hybridized carbons (Fsp3) is 0.174. The monoisotopic (exact) mass is 439 g/mol. The standard InChI is InChI=1S/C23H19Cl2N3O2/c1-14(26-22(29)15-5-8-18(24)9-6-15)16-7-10-20-17(13-16)11-12-28(20)23(30)19-3-2-4-21(25)27-19/h2-10,13-14H,11-12H2,1H3,(H,26,29). The highest BCUT2D eigenvalue weighted by molar-refractivity contribution is 6.30. The maximum atomic E-state index is 12.8. The van der Waals surface area contributed by atoms with Gasteiger partial charge in [0.1, 0.15) is 10.8 Å². The first-order valence-corrected chi connectivity index (χ1v) is 10.3. The summed E-state index contributed by atoms with van der Waals surface area (Å²) < 4.78 is 0. The highest BCUT2D eigenvalue weighted by atomic mass is 35.5. The van der Waals surface area contributed by atoms with Crippen LogP contribution in [0.25, 0.3) is 0 Å². The van der Waals surface area contributed by atoms with Crippen LogP contribution in [0, 0.1) is 0 Å². The maximum Gasteiger partial charge on any atom is 0.276 e. The van der Waals surface area contributed by atoms with Gasteiger partial charge in [-0.15, -0.1) is 0 Å². The molecule has 0 aliphatic carbocycles. The van der Waals surface area contributed by atoms with E-state index in [2.05, 4.69) is 10.3 Å². The summed E-state index contributed by atoms with van der Waals surface area (Å²) in [4.78, 5) is 31.2. The van der Waals surface area contributed by atoms with Crippen molar-refractivity contribution in [1.29, 1.82) is 0 Å². The third-order valence-electron chi connectivity index (χ3n) is 5.13. The number of benzene rings is 2. The lowest BCUT2D eigenvalue weighted by Crippen LogP contribution is -2.29. The molecule has 3 aromatic rings. The van der Waals surface area contributed by atoms with Gasteiger partial charge in [-0.05, 0) is 66.9 Å². The Hall–Kier alpha value is -2.89. The Morgan fingerprint density at radius 3 is 2.57 bits per heavy atom. The first kappa shape index (κ1) is 20.4. The fourth-order valence-corrected chi connectivity index (χ4v) is 3.82. The quantitative estimate of drug-likeness (QED) is 0.576. The second kappa shape index (κ2) is 8.46. The minimum absolute atomic E-state index is 0.163. The van der Waals surface area contributed by atoms with E-state index in [1.165, 1.54) is 0 Å². The van der Waals surface area contributed by atoms with Crippen LogP contribution >= 0.6 is 23.2 Å². The zero-order chi connectivity index (χ0) is 21.3. The Morgan fingerprint density at radius 2 is 1.83 bits per heavy atom. The summed E-state index contributed by atoms with van der Waals surface area (Å²) >= 11 is 11.8. The molecule has 7 heteroatoms. The van der Waals surface area contributed by atoms with Crippen molar-refractivity contribution < 1.29 is 9.59 Å². The number of halogens is 2. The van der Waals surface area contributed by atoms with Crippen LogP contribution in [0.2, 0.25) is 10.2 Å². The number of carbonyl (C=O) groups excluding carboxylic acids is 2. The largest absolute Gasteiger partial charge is 0.346 e. The summed E-state index contributed by atoms with van der Waals surface area (Å²) in [6.07, 6.45) is 0.743. The van der Waals surface area contributed by atoms with Gasteiger partial charge in [0, 0.05) is 22.8 Å². The number of carbonyl (C=O) groups is 2. The summed E-state index contributed by atoms with van der Waals surface area (Å²) in [6, 6.07) is 17.5. The number of aromatic nitrogens is 1. The van der Waals surface area contributed by atoms with Gasteiger partial charge in [-0.2, -0.15) is 0 Å². The molecule has 0 radical (unpaired) electrons. The van der Waals surface area contributed by atoms with Crippen LogP contribution in [0.3, 0.4) is 0 Å². The molecule has 5 nitrogen and oxygen atoms in total. The molecule has 0 fully saturated rings. The van der Waals surface area contributed by atoms with Crippen molar-refractivity contribution in [2.45, 2.75) is 19.4 Å². The number of hydrogen-bond acceptors (Lipinski definition) is 3. The number of hydrogen-bond donors (Lipinski definition) is 1. The lowest BCUT2D eigenvalue weighted by molar-refractivity contribution is 0.0938. The zero-order valence-electron chi connectivity index (χ0n) is 16.2. The van der Waals surface area contributed by atoms with E-state index in [-0.39, 0.29) is 17.9 Å². The highest BCUT2D eigenvalue weighted by Gasteiger charge is 2.27. The lowest BCUT2D eigenvalue weighted by Gasteiger charge is -2.19. The molecule has 152 valence electrons. The van der Waals surface area contributed by atoms with E-state index in [4.69, 9.17) is 23.2 Å². The molecule has 0 bridgehead atoms. The number of amides is 2. The van der Waals surface area contributed by atoms with Gasteiger partial charge in [0.05, 0.1) is 6.04 Å². The molecule has 1 unspecified atom stereocenters. The van der Waals surface area contributed by atoms with Gasteiger partial charge in [-0.25, -0.2) is 4.98 Å². The predicted molar refractivity (Wildman–Crippen MR) is 118 cm³/mol. The van der Waals surface area contributed by atoms with Crippen molar-refractivity contribution in [3.05, 3.63) is 93.2 Å². The molecule has 0 spiro atoms. The smallest absolute Gasteiger partial charge is 0.276 e. The third-order valence-corrected chi connectivity index (χ3v) is 5.59. The molecule has 1 aromatic heterocycles. The number of nitrogens with zero attached hydrogens (tertiary/aromatic N) is 2. The Morgan fingerprint density at radius 1 is 1.07 bits per heavy atom. The van der Waals surface area contributed by atoms with E-state index >= 15 is 0 Å². The van der Waals surface area contributed by atoms with Gasteiger partial charge in [-0.3, -0.25) is 9.59 Å². The average Bonchev–Trinajstić information content (AvgIpc) is 3.16. The summed E-state index contributed by atoms with van der Waals surface area (Å²) in [5.41, 5.74) is 3.78. The molecule has 0 saturated heterocycles. The number of pyridine rings is 1. The molecule has 1 aliphatic heterocycles. The number of fused-ring (bicyclic) bond motifs is 1. The minimum Gasteiger partial charge on any atom is -0.346 e. The van der Waals surface area contributed by atoms with Gasteiger partial charge in [-0.1, -0.05) is 41.4 Å². The van der Waals surface area contributed by atoms with Crippen LogP contribution < -0.4 is 10.2 Å². The van der Waals surface area contributed by atoms with Crippen molar-refractivity contribution >= 4 is 40.7 Å². The average molecular weight is 440 g/mol. The summed E-state index contributed by atoms with van der Waals surface area (Å²) in [5.74, 6) is -0.336. The van der Waals surface area contributed by atoms with Crippen molar-refractivity contribution in [1.82, 2.24) is 10.3 Å². The van der Waals surface area contributed by atoms with E-state index in [9.17, 15) is 9.59 Å². The predicted octanol–water partition coefficient (Wildman–Crippen LogP) is 5.08. The summed E-state index contributed by atoms with van der Waals surface area (Å²) in [6.45, 7) is 2.51. The van der Waals surface area contributed by atoms with Gasteiger partial charge in [0.25, 0.3) is 11.8 Å². The number of nitrogens with one attached hydrogen (secondary N) is 1. The number of anilines is 1. The van der Waals surface area contributed by atoms with Gasteiger partial charge >= 0.3 is 0 Å². The van der Waals surface area contributed by atoms with Crippen molar-refractivity contribution in [2.75, 3.05) is 11.4 Å². The molecule has 0 saturated carbocycles. The van der Waals surface area contributed by atoms with Crippen LogP contribution in [0.4, 0.5) is 5.69 Å². The molecule has 4 rings (SSSR count). The Labute approximate surface area is 184 Å². The molecule has 30 heavy (non-hydrogen) atoms. The first-order valence-electron chi connectivity index (χ1n) is 9.56. The van der Waals surface area contributed by atoms with E-state index in [0.29, 0.717) is 28.0 Å². The molecule has 2 aromatic carbocycles. The van der Waals surface area contributed by atoms with Crippen LogP contribution in [-0.2, 0) is 6.42 Å². The van der Waals surface area contributed by atoms with Gasteiger partial charge in [0.15, 0.2) is 0 Å². The zero-order valence-corrected chi connectivity index (χ0v) is 17.7. The van der Waals surface area contributed by atoms with Crippen molar-refractivity contribution in [3.63, 3.8) is 0 Å². The van der Waals surface area contributed by atoms with Gasteiger partial charge < -0.3 is 10.2 Å². The second-order valence-corrected chi connectivity index (χ2v) is 7.97. The Kier molecular flexibility index (Phi) is 5.75. The molecule has 2 heterocycles. The first-order chi connectivity index (χ1) is 14.4. The molecular weight excluding hydrogens is 421 g/mol. The molecule has 1 aliphatic rings. The van der Waals surface area contributed by atoms with Crippen LogP contribution in [0.1, 0.15) is 44.9 Å². The van der Waals surface area contributed by atoms with E-state index < -0.39 is 0 Å². The van der Waals surface area contributed by atoms with E-state index in [0.717, 1.165) is 23.2 Å². The normalized spacial score (nSPS) is 13.6. The Balaban J connectivity index is 1.50. The SMILES string of the molecule is CC(NC(=O)c1ccc(Cl)cc1)c1ccc2c(c1)CCN2C(=O)c1cccc(Cl)n1. The van der Waals surface area contributed by atoms with Crippen LogP contribution in [0.15, 0.2) is 60.7 Å². The van der Waals surface area contributed by atoms with Crippen LogP contribution in [-0.4, -0.2) is 23.3 Å². The topological polar surface area (TPSA) is 62.3 Å². The van der Waals surface area contributed by atoms with E-state index in [1.807, 2.05) is 25.1 Å².